The Balaban J connectivity index is 1.52. The molecule has 0 spiro atoms. The summed E-state index contributed by atoms with van der Waals surface area (Å²) in [6, 6.07) is 10.0. The number of sulfonamides is 1. The van der Waals surface area contributed by atoms with Crippen molar-refractivity contribution in [3.8, 4) is 0 Å². The van der Waals surface area contributed by atoms with E-state index in [-0.39, 0.29) is 30.7 Å². The van der Waals surface area contributed by atoms with Crippen molar-refractivity contribution >= 4 is 62.3 Å². The predicted molar refractivity (Wildman–Crippen MR) is 173 cm³/mol. The van der Waals surface area contributed by atoms with E-state index >= 15 is 0 Å². The van der Waals surface area contributed by atoms with Gasteiger partial charge in [-0.3, -0.25) is 9.59 Å². The molecule has 1 aliphatic heterocycles. The van der Waals surface area contributed by atoms with Gasteiger partial charge in [0.15, 0.2) is 5.69 Å². The number of benzene rings is 2. The van der Waals surface area contributed by atoms with Gasteiger partial charge in [-0.2, -0.15) is 0 Å². The molecule has 1 aliphatic carbocycles. The highest BCUT2D eigenvalue weighted by molar-refractivity contribution is 7.88. The van der Waals surface area contributed by atoms with Crippen molar-refractivity contribution in [1.29, 1.82) is 0 Å². The second-order valence-corrected chi connectivity index (χ2v) is 14.7. The van der Waals surface area contributed by atoms with E-state index in [1.165, 1.54) is 11.3 Å². The highest BCUT2D eigenvalue weighted by Crippen LogP contribution is 2.47. The number of nitrogens with zero attached hydrogens (tertiary/aromatic N) is 2. The summed E-state index contributed by atoms with van der Waals surface area (Å²) in [5.74, 6) is -2.00. The van der Waals surface area contributed by atoms with Crippen molar-refractivity contribution in [3.63, 3.8) is 0 Å². The Bertz CT molecular complexity index is 1700. The van der Waals surface area contributed by atoms with Crippen LogP contribution in [0.2, 0.25) is 10.0 Å². The van der Waals surface area contributed by atoms with E-state index in [0.717, 1.165) is 19.1 Å². The summed E-state index contributed by atoms with van der Waals surface area (Å²) in [5.41, 5.74) is 1.68. The Kier molecular flexibility index (Phi) is 10.5. The molecule has 1 fully saturated rings. The summed E-state index contributed by atoms with van der Waals surface area (Å²) in [7, 11) is -3.59. The highest BCUT2D eigenvalue weighted by atomic mass is 35.5. The van der Waals surface area contributed by atoms with Crippen LogP contribution in [0.15, 0.2) is 47.8 Å². The number of thiazole rings is 1. The molecule has 14 heteroatoms. The molecule has 0 unspecified atom stereocenters. The van der Waals surface area contributed by atoms with Crippen molar-refractivity contribution in [2.75, 3.05) is 19.4 Å². The van der Waals surface area contributed by atoms with Crippen molar-refractivity contribution in [2.45, 2.75) is 63.1 Å². The molecule has 0 bridgehead atoms. The number of halogens is 2. The van der Waals surface area contributed by atoms with Crippen molar-refractivity contribution in [3.05, 3.63) is 85.3 Å². The Morgan fingerprint density at radius 3 is 2.60 bits per heavy atom. The summed E-state index contributed by atoms with van der Waals surface area (Å²) in [6.07, 6.45) is 4.16. The third-order valence-electron chi connectivity index (χ3n) is 8.07. The van der Waals surface area contributed by atoms with Gasteiger partial charge in [-0.1, -0.05) is 60.3 Å². The molecular formula is C31H34Cl2N4O6S2. The average Bonchev–Trinajstić information content (AvgIpc) is 3.46. The Morgan fingerprint density at radius 1 is 1.11 bits per heavy atom. The maximum absolute atomic E-state index is 14.4. The van der Waals surface area contributed by atoms with Gasteiger partial charge in [-0.25, -0.2) is 22.9 Å². The SMILES string of the molecule is CCOC(=O)c1csc(CCNC(=O)[C@@H]2c3ccccc3C(=O)N([C@H]3CCCC[C@@H]3NS(C)(=O)=O)[C@H]2c2ccc(Cl)cc2Cl)n1. The first-order valence-corrected chi connectivity index (χ1v) is 18.2. The summed E-state index contributed by atoms with van der Waals surface area (Å²) in [5, 5.41) is 6.00. The Hall–Kier alpha value is -3.03. The van der Waals surface area contributed by atoms with Crippen molar-refractivity contribution < 1.29 is 27.5 Å². The molecular weight excluding hydrogens is 659 g/mol. The van der Waals surface area contributed by atoms with Crippen LogP contribution in [0.1, 0.15) is 81.5 Å². The minimum absolute atomic E-state index is 0.223. The van der Waals surface area contributed by atoms with Gasteiger partial charge in [0.1, 0.15) is 0 Å². The minimum atomic E-state index is -3.59. The monoisotopic (exact) mass is 692 g/mol. The molecule has 2 amide bonds. The lowest BCUT2D eigenvalue weighted by Gasteiger charge is -2.49. The normalized spacial score (nSPS) is 21.7. The lowest BCUT2D eigenvalue weighted by Crippen LogP contribution is -2.59. The van der Waals surface area contributed by atoms with Crippen LogP contribution in [0.5, 0.6) is 0 Å². The molecule has 0 saturated heterocycles. The van der Waals surface area contributed by atoms with Gasteiger partial charge in [-0.05, 0) is 49.1 Å². The molecule has 5 rings (SSSR count). The first kappa shape index (κ1) is 33.3. The third kappa shape index (κ3) is 7.52. The highest BCUT2D eigenvalue weighted by Gasteiger charge is 2.49. The number of carbonyl (C=O) groups is 3. The molecule has 10 nitrogen and oxygen atoms in total. The fourth-order valence-corrected chi connectivity index (χ4v) is 8.37. The van der Waals surface area contributed by atoms with Crippen LogP contribution >= 0.6 is 34.5 Å². The zero-order valence-corrected chi connectivity index (χ0v) is 27.9. The zero-order valence-electron chi connectivity index (χ0n) is 24.8. The Labute approximate surface area is 276 Å². The number of fused-ring (bicyclic) bond motifs is 1. The molecule has 2 aromatic carbocycles. The van der Waals surface area contributed by atoms with Crippen LogP contribution in [0.3, 0.4) is 0 Å². The van der Waals surface area contributed by atoms with Gasteiger partial charge < -0.3 is 15.0 Å². The second-order valence-electron chi connectivity index (χ2n) is 11.1. The second kappa shape index (κ2) is 14.2. The zero-order chi connectivity index (χ0) is 32.3. The topological polar surface area (TPSA) is 135 Å². The number of amides is 2. The summed E-state index contributed by atoms with van der Waals surface area (Å²) in [4.78, 5) is 46.6. The van der Waals surface area contributed by atoms with Crippen LogP contribution in [0.25, 0.3) is 0 Å². The van der Waals surface area contributed by atoms with Crippen LogP contribution < -0.4 is 10.0 Å². The molecule has 45 heavy (non-hydrogen) atoms. The number of carbonyl (C=O) groups excluding carboxylic acids is 3. The molecule has 240 valence electrons. The maximum atomic E-state index is 14.4. The van der Waals surface area contributed by atoms with E-state index in [9.17, 15) is 22.8 Å². The van der Waals surface area contributed by atoms with Crippen LogP contribution in [-0.2, 0) is 26.0 Å². The molecule has 1 aromatic heterocycles. The average molecular weight is 694 g/mol. The van der Waals surface area contributed by atoms with E-state index in [2.05, 4.69) is 15.0 Å². The van der Waals surface area contributed by atoms with Gasteiger partial charge in [0.2, 0.25) is 15.9 Å². The summed E-state index contributed by atoms with van der Waals surface area (Å²) >= 11 is 14.3. The molecule has 2 aliphatic rings. The number of hydrogen-bond donors (Lipinski definition) is 2. The van der Waals surface area contributed by atoms with E-state index in [0.29, 0.717) is 51.0 Å². The molecule has 1 saturated carbocycles. The standard InChI is InChI=1S/C31H34Cl2N4O6S2/c1-3-43-31(40)24-17-44-26(35-24)14-15-34-29(38)27-19-8-4-5-9-20(19)30(39)37(28(27)21-13-12-18(32)16-22(21)33)25-11-7-6-10-23(25)36-45(2,41)42/h4-5,8-9,12-13,16-17,23,25,27-28,36H,3,6-7,10-11,14-15H2,1-2H3,(H,34,38)/t23-,25-,27+,28-/m0/s1. The smallest absolute Gasteiger partial charge is 0.357 e. The fourth-order valence-electron chi connectivity index (χ4n) is 6.26. The molecule has 2 heterocycles. The van der Waals surface area contributed by atoms with Gasteiger partial charge in [-0.15, -0.1) is 11.3 Å². The fraction of sp³-hybridized carbons (Fsp3) is 0.419. The van der Waals surface area contributed by atoms with Gasteiger partial charge in [0, 0.05) is 46.0 Å². The number of esters is 1. The third-order valence-corrected chi connectivity index (χ3v) is 10.3. The van der Waals surface area contributed by atoms with E-state index in [1.807, 2.05) is 0 Å². The van der Waals surface area contributed by atoms with E-state index in [1.54, 1.807) is 59.7 Å². The number of ether oxygens (including phenoxy) is 1. The van der Waals surface area contributed by atoms with Crippen LogP contribution in [-0.4, -0.2) is 67.6 Å². The van der Waals surface area contributed by atoms with Crippen LogP contribution in [0, 0.1) is 0 Å². The quantitative estimate of drug-likeness (QED) is 0.282. The van der Waals surface area contributed by atoms with E-state index < -0.39 is 40.0 Å². The largest absolute Gasteiger partial charge is 0.461 e. The first-order chi connectivity index (χ1) is 21.5. The van der Waals surface area contributed by atoms with Gasteiger partial charge in [0.25, 0.3) is 5.91 Å². The number of aromatic nitrogens is 1. The maximum Gasteiger partial charge on any atom is 0.357 e. The molecule has 4 atom stereocenters. The van der Waals surface area contributed by atoms with E-state index in [4.69, 9.17) is 27.9 Å². The van der Waals surface area contributed by atoms with Crippen molar-refractivity contribution in [1.82, 2.24) is 19.9 Å². The lowest BCUT2D eigenvalue weighted by molar-refractivity contribution is -0.124. The Morgan fingerprint density at radius 2 is 1.87 bits per heavy atom. The summed E-state index contributed by atoms with van der Waals surface area (Å²) < 4.78 is 32.5. The predicted octanol–water partition coefficient (Wildman–Crippen LogP) is 5.13. The number of rotatable bonds is 10. The number of nitrogens with one attached hydrogen (secondary N) is 2. The molecule has 3 aromatic rings. The van der Waals surface area contributed by atoms with Crippen LogP contribution in [0.4, 0.5) is 0 Å². The van der Waals surface area contributed by atoms with Gasteiger partial charge >= 0.3 is 5.97 Å². The lowest BCUT2D eigenvalue weighted by atomic mass is 9.76. The van der Waals surface area contributed by atoms with Crippen molar-refractivity contribution in [2.24, 2.45) is 0 Å². The van der Waals surface area contributed by atoms with Gasteiger partial charge in [0.05, 0.1) is 29.8 Å². The minimum Gasteiger partial charge on any atom is -0.461 e. The number of hydrogen-bond acceptors (Lipinski definition) is 8. The molecule has 0 radical (unpaired) electrons. The first-order valence-electron chi connectivity index (χ1n) is 14.7. The molecule has 2 N–H and O–H groups in total. The summed E-state index contributed by atoms with van der Waals surface area (Å²) in [6.45, 7) is 2.19.